The zero-order valence-corrected chi connectivity index (χ0v) is 10.2. The van der Waals surface area contributed by atoms with Crippen LogP contribution in [-0.4, -0.2) is 37.5 Å². The van der Waals surface area contributed by atoms with Crippen LogP contribution < -0.4 is 5.32 Å². The molecule has 1 N–H and O–H groups in total. The summed E-state index contributed by atoms with van der Waals surface area (Å²) in [4.78, 5) is 6.67. The van der Waals surface area contributed by atoms with Crippen LogP contribution in [-0.2, 0) is 0 Å². The highest BCUT2D eigenvalue weighted by molar-refractivity contribution is 5.81. The molecule has 3 heteroatoms. The molecule has 1 saturated carbocycles. The Bertz CT molecular complexity index is 254. The average molecular weight is 209 g/mol. The number of aliphatic imine (C=N–C) groups is 1. The Labute approximate surface area is 92.9 Å². The van der Waals surface area contributed by atoms with Gasteiger partial charge in [-0.05, 0) is 30.6 Å². The fraction of sp³-hybridized carbons (Fsp3) is 0.917. The van der Waals surface area contributed by atoms with Gasteiger partial charge in [0.25, 0.3) is 0 Å². The van der Waals surface area contributed by atoms with Crippen molar-refractivity contribution < 1.29 is 0 Å². The SMILES string of the molecule is CC(C)CC1(CNC2=NCCN2C)CC1. The molecule has 2 aliphatic rings. The molecule has 15 heavy (non-hydrogen) atoms. The van der Waals surface area contributed by atoms with Crippen molar-refractivity contribution >= 4 is 5.96 Å². The molecule has 1 aliphatic carbocycles. The summed E-state index contributed by atoms with van der Waals surface area (Å²) < 4.78 is 0. The molecule has 0 saturated heterocycles. The van der Waals surface area contributed by atoms with Crippen molar-refractivity contribution in [2.24, 2.45) is 16.3 Å². The lowest BCUT2D eigenvalue weighted by molar-refractivity contribution is 0.380. The van der Waals surface area contributed by atoms with Crippen molar-refractivity contribution in [1.29, 1.82) is 0 Å². The fourth-order valence-electron chi connectivity index (χ4n) is 2.49. The highest BCUT2D eigenvalue weighted by Gasteiger charge is 2.42. The highest BCUT2D eigenvalue weighted by atomic mass is 15.3. The van der Waals surface area contributed by atoms with Crippen LogP contribution in [0.3, 0.4) is 0 Å². The summed E-state index contributed by atoms with van der Waals surface area (Å²) in [5.74, 6) is 1.92. The Morgan fingerprint density at radius 2 is 2.20 bits per heavy atom. The third kappa shape index (κ3) is 2.64. The summed E-state index contributed by atoms with van der Waals surface area (Å²) >= 11 is 0. The molecule has 86 valence electrons. The third-order valence-electron chi connectivity index (χ3n) is 3.48. The first-order chi connectivity index (χ1) is 7.11. The second-order valence-corrected chi connectivity index (χ2v) is 5.58. The Morgan fingerprint density at radius 3 is 2.67 bits per heavy atom. The number of hydrogen-bond acceptors (Lipinski definition) is 3. The second-order valence-electron chi connectivity index (χ2n) is 5.58. The second kappa shape index (κ2) is 4.03. The van der Waals surface area contributed by atoms with Gasteiger partial charge in [0.2, 0.25) is 0 Å². The quantitative estimate of drug-likeness (QED) is 0.763. The molecule has 1 aliphatic heterocycles. The molecule has 0 aromatic rings. The van der Waals surface area contributed by atoms with Gasteiger partial charge in [-0.3, -0.25) is 4.99 Å². The number of hydrogen-bond donors (Lipinski definition) is 1. The van der Waals surface area contributed by atoms with Crippen molar-refractivity contribution in [1.82, 2.24) is 10.2 Å². The molecule has 0 spiro atoms. The van der Waals surface area contributed by atoms with Crippen LogP contribution in [0.25, 0.3) is 0 Å². The average Bonchev–Trinajstić information content (AvgIpc) is 2.78. The maximum atomic E-state index is 4.46. The maximum absolute atomic E-state index is 4.46. The van der Waals surface area contributed by atoms with Crippen molar-refractivity contribution in [2.45, 2.75) is 33.1 Å². The summed E-state index contributed by atoms with van der Waals surface area (Å²) in [7, 11) is 2.11. The molecule has 0 bridgehead atoms. The van der Waals surface area contributed by atoms with E-state index in [4.69, 9.17) is 0 Å². The van der Waals surface area contributed by atoms with Crippen LogP contribution in [0.5, 0.6) is 0 Å². The summed E-state index contributed by atoms with van der Waals surface area (Å²) in [6, 6.07) is 0. The largest absolute Gasteiger partial charge is 0.356 e. The van der Waals surface area contributed by atoms with E-state index in [0.717, 1.165) is 31.5 Å². The minimum absolute atomic E-state index is 0.597. The highest BCUT2D eigenvalue weighted by Crippen LogP contribution is 2.50. The normalized spacial score (nSPS) is 23.2. The first kappa shape index (κ1) is 10.8. The Kier molecular flexibility index (Phi) is 2.89. The Hall–Kier alpha value is -0.730. The zero-order valence-electron chi connectivity index (χ0n) is 10.2. The molecule has 3 nitrogen and oxygen atoms in total. The van der Waals surface area contributed by atoms with E-state index in [0.29, 0.717) is 5.41 Å². The van der Waals surface area contributed by atoms with Gasteiger partial charge in [-0.25, -0.2) is 0 Å². The van der Waals surface area contributed by atoms with Gasteiger partial charge in [0.05, 0.1) is 6.54 Å². The van der Waals surface area contributed by atoms with E-state index in [2.05, 4.69) is 36.1 Å². The first-order valence-electron chi connectivity index (χ1n) is 6.11. The topological polar surface area (TPSA) is 27.6 Å². The lowest BCUT2D eigenvalue weighted by atomic mass is 9.94. The Balaban J connectivity index is 1.78. The van der Waals surface area contributed by atoms with Crippen molar-refractivity contribution in [3.05, 3.63) is 0 Å². The smallest absolute Gasteiger partial charge is 0.193 e. The summed E-state index contributed by atoms with van der Waals surface area (Å²) in [6.07, 6.45) is 4.15. The van der Waals surface area contributed by atoms with E-state index < -0.39 is 0 Å². The van der Waals surface area contributed by atoms with Crippen LogP contribution in [0.15, 0.2) is 4.99 Å². The van der Waals surface area contributed by atoms with E-state index in [1.165, 1.54) is 19.3 Å². The van der Waals surface area contributed by atoms with Gasteiger partial charge in [-0.1, -0.05) is 13.8 Å². The van der Waals surface area contributed by atoms with Crippen molar-refractivity contribution in [3.63, 3.8) is 0 Å². The molecular formula is C12H23N3. The number of guanidine groups is 1. The van der Waals surface area contributed by atoms with Gasteiger partial charge in [0.1, 0.15) is 0 Å². The summed E-state index contributed by atoms with van der Waals surface area (Å²) in [6.45, 7) is 7.78. The van der Waals surface area contributed by atoms with Crippen LogP contribution in [0.4, 0.5) is 0 Å². The standard InChI is InChI=1S/C12H23N3/c1-10(2)8-12(4-5-12)9-14-11-13-6-7-15(11)3/h10H,4-9H2,1-3H3,(H,13,14). The van der Waals surface area contributed by atoms with Gasteiger partial charge < -0.3 is 10.2 Å². The monoisotopic (exact) mass is 209 g/mol. The van der Waals surface area contributed by atoms with Gasteiger partial charge in [0, 0.05) is 20.1 Å². The van der Waals surface area contributed by atoms with Crippen LogP contribution >= 0.6 is 0 Å². The molecular weight excluding hydrogens is 186 g/mol. The molecule has 0 amide bonds. The lowest BCUT2D eigenvalue weighted by Gasteiger charge is -2.21. The van der Waals surface area contributed by atoms with E-state index in [-0.39, 0.29) is 0 Å². The van der Waals surface area contributed by atoms with Crippen LogP contribution in [0.1, 0.15) is 33.1 Å². The van der Waals surface area contributed by atoms with Crippen LogP contribution in [0.2, 0.25) is 0 Å². The lowest BCUT2D eigenvalue weighted by Crippen LogP contribution is -2.39. The van der Waals surface area contributed by atoms with Crippen molar-refractivity contribution in [2.75, 3.05) is 26.7 Å². The molecule has 2 rings (SSSR count). The third-order valence-corrected chi connectivity index (χ3v) is 3.48. The molecule has 1 fully saturated rings. The van der Waals surface area contributed by atoms with Gasteiger partial charge in [-0.15, -0.1) is 0 Å². The van der Waals surface area contributed by atoms with Crippen LogP contribution in [0, 0.1) is 11.3 Å². The number of likely N-dealkylation sites (N-methyl/N-ethyl adjacent to an activating group) is 1. The minimum atomic E-state index is 0.597. The molecule has 1 heterocycles. The molecule has 0 unspecified atom stereocenters. The van der Waals surface area contributed by atoms with E-state index >= 15 is 0 Å². The van der Waals surface area contributed by atoms with E-state index in [1.807, 2.05) is 0 Å². The molecule has 0 radical (unpaired) electrons. The van der Waals surface area contributed by atoms with Gasteiger partial charge >= 0.3 is 0 Å². The van der Waals surface area contributed by atoms with Gasteiger partial charge in [-0.2, -0.15) is 0 Å². The maximum Gasteiger partial charge on any atom is 0.193 e. The Morgan fingerprint density at radius 1 is 1.47 bits per heavy atom. The summed E-state index contributed by atoms with van der Waals surface area (Å²) in [5.41, 5.74) is 0.597. The van der Waals surface area contributed by atoms with Crippen molar-refractivity contribution in [3.8, 4) is 0 Å². The van der Waals surface area contributed by atoms with Gasteiger partial charge in [0.15, 0.2) is 5.96 Å². The predicted molar refractivity (Wildman–Crippen MR) is 64.1 cm³/mol. The zero-order chi connectivity index (χ0) is 10.9. The molecule has 0 atom stereocenters. The first-order valence-corrected chi connectivity index (χ1v) is 6.11. The molecule has 0 aromatic heterocycles. The minimum Gasteiger partial charge on any atom is -0.356 e. The van der Waals surface area contributed by atoms with E-state index in [9.17, 15) is 0 Å². The summed E-state index contributed by atoms with van der Waals surface area (Å²) in [5, 5.41) is 3.52. The predicted octanol–water partition coefficient (Wildman–Crippen LogP) is 1.70. The van der Waals surface area contributed by atoms with E-state index in [1.54, 1.807) is 0 Å². The number of rotatable bonds is 4. The number of nitrogens with zero attached hydrogens (tertiary/aromatic N) is 2. The molecule has 0 aromatic carbocycles. The fourth-order valence-corrected chi connectivity index (χ4v) is 2.49. The number of nitrogens with one attached hydrogen (secondary N) is 1.